The van der Waals surface area contributed by atoms with Gasteiger partial charge in [0.1, 0.15) is 6.10 Å². The number of nitrogens with two attached hydrogens (primary N) is 1. The van der Waals surface area contributed by atoms with E-state index >= 15 is 0 Å². The fourth-order valence-corrected chi connectivity index (χ4v) is 6.21. The summed E-state index contributed by atoms with van der Waals surface area (Å²) < 4.78 is 33.3. The number of phosphoric acid groups is 1. The average molecular weight is 752 g/mol. The maximum absolute atomic E-state index is 12.5. The van der Waals surface area contributed by atoms with E-state index in [0.29, 0.717) is 13.0 Å². The third-order valence-electron chi connectivity index (χ3n) is 8.45. The standard InChI is InChI=1S/C43H78NO7P/c1-3-5-7-9-11-13-15-17-19-21-22-24-26-28-30-32-34-36-43(45)51-42(41-50-52(46,47)49-39-37-44)40-48-38-35-33-31-29-27-25-23-20-18-16-14-12-10-8-6-4-2/h5,7,11,13,17,19,22,24,28,30,42H,3-4,6,8-10,12,14-16,18,20-21,23,25-27,29,31-41,44H2,1-2H3,(H,46,47)/b7-5-,13-11-,19-17-,24-22-,30-28-. The maximum Gasteiger partial charge on any atom is 0.472 e. The van der Waals surface area contributed by atoms with Crippen LogP contribution in [0.15, 0.2) is 60.8 Å². The summed E-state index contributed by atoms with van der Waals surface area (Å²) in [5.41, 5.74) is 5.36. The predicted molar refractivity (Wildman–Crippen MR) is 219 cm³/mol. The Labute approximate surface area is 319 Å². The zero-order valence-electron chi connectivity index (χ0n) is 33.3. The minimum Gasteiger partial charge on any atom is -0.457 e. The van der Waals surface area contributed by atoms with Gasteiger partial charge in [0.25, 0.3) is 0 Å². The molecule has 0 saturated heterocycles. The number of unbranched alkanes of at least 4 members (excludes halogenated alkanes) is 16. The number of carbonyl (C=O) groups excluding carboxylic acids is 1. The van der Waals surface area contributed by atoms with Crippen molar-refractivity contribution in [3.05, 3.63) is 60.8 Å². The Bertz CT molecular complexity index is 979. The van der Waals surface area contributed by atoms with Gasteiger partial charge in [-0.1, -0.05) is 171 Å². The van der Waals surface area contributed by atoms with Crippen molar-refractivity contribution in [3.63, 3.8) is 0 Å². The first kappa shape index (κ1) is 50.2. The summed E-state index contributed by atoms with van der Waals surface area (Å²) in [6.45, 7) is 4.73. The fraction of sp³-hybridized carbons (Fsp3) is 0.744. The molecule has 0 aliphatic rings. The van der Waals surface area contributed by atoms with Gasteiger partial charge in [0.2, 0.25) is 0 Å². The van der Waals surface area contributed by atoms with Crippen LogP contribution in [-0.2, 0) is 27.9 Å². The molecule has 0 spiro atoms. The second-order valence-electron chi connectivity index (χ2n) is 13.5. The summed E-state index contributed by atoms with van der Waals surface area (Å²) in [7, 11) is -4.29. The molecule has 0 radical (unpaired) electrons. The number of ether oxygens (including phenoxy) is 2. The second-order valence-corrected chi connectivity index (χ2v) is 14.9. The van der Waals surface area contributed by atoms with Gasteiger partial charge >= 0.3 is 13.8 Å². The summed E-state index contributed by atoms with van der Waals surface area (Å²) in [6, 6.07) is 0. The van der Waals surface area contributed by atoms with Crippen LogP contribution in [0.25, 0.3) is 0 Å². The molecule has 9 heteroatoms. The normalized spacial score (nSPS) is 14.2. The van der Waals surface area contributed by atoms with Crippen molar-refractivity contribution in [1.82, 2.24) is 0 Å². The maximum atomic E-state index is 12.5. The van der Waals surface area contributed by atoms with Gasteiger partial charge in [-0.2, -0.15) is 0 Å². The molecule has 52 heavy (non-hydrogen) atoms. The van der Waals surface area contributed by atoms with Crippen molar-refractivity contribution >= 4 is 13.8 Å². The van der Waals surface area contributed by atoms with E-state index in [9.17, 15) is 14.3 Å². The van der Waals surface area contributed by atoms with Gasteiger partial charge in [-0.3, -0.25) is 13.8 Å². The Morgan fingerprint density at radius 2 is 1.06 bits per heavy atom. The molecular weight excluding hydrogens is 673 g/mol. The van der Waals surface area contributed by atoms with Crippen LogP contribution >= 0.6 is 7.82 Å². The summed E-state index contributed by atoms with van der Waals surface area (Å²) in [4.78, 5) is 22.4. The van der Waals surface area contributed by atoms with E-state index in [4.69, 9.17) is 24.3 Å². The van der Waals surface area contributed by atoms with Crippen LogP contribution in [0.4, 0.5) is 0 Å². The molecule has 3 N–H and O–H groups in total. The molecule has 0 fully saturated rings. The Balaban J connectivity index is 4.15. The van der Waals surface area contributed by atoms with Gasteiger partial charge in [0, 0.05) is 19.6 Å². The van der Waals surface area contributed by atoms with Gasteiger partial charge < -0.3 is 20.1 Å². The van der Waals surface area contributed by atoms with E-state index in [-0.39, 0.29) is 38.8 Å². The van der Waals surface area contributed by atoms with Crippen LogP contribution in [-0.4, -0.2) is 49.9 Å². The highest BCUT2D eigenvalue weighted by molar-refractivity contribution is 7.47. The first-order chi connectivity index (χ1) is 25.4. The minimum absolute atomic E-state index is 0.0899. The molecule has 2 atom stereocenters. The SMILES string of the molecule is CC/C=C\C/C=C\C/C=C\C/C=C\C/C=C\CCCC(=O)OC(COCCCCCCCCCCCCCCCCCC)COP(=O)(O)OCCN. The lowest BCUT2D eigenvalue weighted by molar-refractivity contribution is -0.154. The zero-order chi connectivity index (χ0) is 38.1. The van der Waals surface area contributed by atoms with Gasteiger partial charge in [-0.25, -0.2) is 4.57 Å². The number of allylic oxidation sites excluding steroid dienone is 10. The van der Waals surface area contributed by atoms with E-state index in [2.05, 4.69) is 74.6 Å². The Morgan fingerprint density at radius 3 is 1.54 bits per heavy atom. The molecule has 0 aliphatic carbocycles. The molecule has 302 valence electrons. The van der Waals surface area contributed by atoms with Gasteiger partial charge in [-0.05, 0) is 51.4 Å². The number of esters is 1. The smallest absolute Gasteiger partial charge is 0.457 e. The molecule has 0 aromatic carbocycles. The molecule has 0 aromatic heterocycles. The third-order valence-corrected chi connectivity index (χ3v) is 9.43. The van der Waals surface area contributed by atoms with Crippen molar-refractivity contribution in [1.29, 1.82) is 0 Å². The summed E-state index contributed by atoms with van der Waals surface area (Å²) in [5, 5.41) is 0. The molecular formula is C43H78NO7P. The first-order valence-corrected chi connectivity index (χ1v) is 22.3. The lowest BCUT2D eigenvalue weighted by Gasteiger charge is -2.20. The molecule has 0 rings (SSSR count). The van der Waals surface area contributed by atoms with Gasteiger partial charge in [-0.15, -0.1) is 0 Å². The molecule has 2 unspecified atom stereocenters. The lowest BCUT2D eigenvalue weighted by atomic mass is 10.0. The summed E-state index contributed by atoms with van der Waals surface area (Å²) >= 11 is 0. The van der Waals surface area contributed by atoms with Crippen LogP contribution in [0, 0.1) is 0 Å². The Hall–Kier alpha value is -1.80. The van der Waals surface area contributed by atoms with Gasteiger partial charge in [0.15, 0.2) is 0 Å². The van der Waals surface area contributed by atoms with E-state index < -0.39 is 13.9 Å². The number of hydrogen-bond acceptors (Lipinski definition) is 7. The van der Waals surface area contributed by atoms with Crippen LogP contribution in [0.1, 0.15) is 168 Å². The van der Waals surface area contributed by atoms with Crippen molar-refractivity contribution < 1.29 is 32.8 Å². The summed E-state index contributed by atoms with van der Waals surface area (Å²) in [5.74, 6) is -0.386. The summed E-state index contributed by atoms with van der Waals surface area (Å²) in [6.07, 6.45) is 48.1. The highest BCUT2D eigenvalue weighted by Gasteiger charge is 2.25. The van der Waals surface area contributed by atoms with E-state index in [0.717, 1.165) is 51.4 Å². The number of phosphoric ester groups is 1. The second kappa shape index (κ2) is 40.4. The van der Waals surface area contributed by atoms with Crippen molar-refractivity contribution in [2.45, 2.75) is 174 Å². The van der Waals surface area contributed by atoms with E-state index in [1.54, 1.807) is 0 Å². The number of hydrogen-bond donors (Lipinski definition) is 2. The molecule has 0 saturated carbocycles. The van der Waals surface area contributed by atoms with Crippen LogP contribution < -0.4 is 5.73 Å². The van der Waals surface area contributed by atoms with Crippen molar-refractivity contribution in [2.75, 3.05) is 33.0 Å². The third kappa shape index (κ3) is 39.4. The van der Waals surface area contributed by atoms with E-state index in [1.807, 2.05) is 0 Å². The molecule has 0 bridgehead atoms. The largest absolute Gasteiger partial charge is 0.472 e. The highest BCUT2D eigenvalue weighted by Crippen LogP contribution is 2.43. The predicted octanol–water partition coefficient (Wildman–Crippen LogP) is 12.2. The van der Waals surface area contributed by atoms with Crippen LogP contribution in [0.5, 0.6) is 0 Å². The molecule has 0 aliphatic heterocycles. The quantitative estimate of drug-likeness (QED) is 0.0276. The lowest BCUT2D eigenvalue weighted by Crippen LogP contribution is -2.28. The van der Waals surface area contributed by atoms with Crippen molar-refractivity contribution in [2.24, 2.45) is 5.73 Å². The fourth-order valence-electron chi connectivity index (χ4n) is 5.44. The molecule has 0 heterocycles. The van der Waals surface area contributed by atoms with Crippen LogP contribution in [0.2, 0.25) is 0 Å². The monoisotopic (exact) mass is 752 g/mol. The molecule has 0 amide bonds. The first-order valence-electron chi connectivity index (χ1n) is 20.8. The average Bonchev–Trinajstić information content (AvgIpc) is 3.13. The Kier molecular flexibility index (Phi) is 39.0. The van der Waals surface area contributed by atoms with Gasteiger partial charge in [0.05, 0.1) is 19.8 Å². The molecule has 0 aromatic rings. The zero-order valence-corrected chi connectivity index (χ0v) is 34.2. The van der Waals surface area contributed by atoms with E-state index in [1.165, 1.54) is 89.9 Å². The number of rotatable bonds is 39. The van der Waals surface area contributed by atoms with Crippen molar-refractivity contribution in [3.8, 4) is 0 Å². The van der Waals surface area contributed by atoms with Crippen LogP contribution in [0.3, 0.4) is 0 Å². The highest BCUT2D eigenvalue weighted by atomic mass is 31.2. The minimum atomic E-state index is -4.29. The Morgan fingerprint density at radius 1 is 0.596 bits per heavy atom. The topological polar surface area (TPSA) is 117 Å². The number of carbonyl (C=O) groups is 1. The molecule has 8 nitrogen and oxygen atoms in total.